The van der Waals surface area contributed by atoms with Crippen LogP contribution in [0.4, 0.5) is 11.4 Å². The van der Waals surface area contributed by atoms with Crippen LogP contribution in [0.15, 0.2) is 61.1 Å². The molecule has 0 atom stereocenters. The van der Waals surface area contributed by atoms with E-state index >= 15 is 0 Å². The Balaban J connectivity index is 1.71. The molecule has 0 unspecified atom stereocenters. The largest absolute Gasteiger partial charge is 0.330 e. The Kier molecular flexibility index (Phi) is 4.61. The summed E-state index contributed by atoms with van der Waals surface area (Å²) >= 11 is 0. The summed E-state index contributed by atoms with van der Waals surface area (Å²) in [4.78, 5) is 28.4. The van der Waals surface area contributed by atoms with E-state index in [9.17, 15) is 9.59 Å². The first-order chi connectivity index (χ1) is 12.0. The summed E-state index contributed by atoms with van der Waals surface area (Å²) in [5, 5.41) is 5.62. The molecular weight excluding hydrogens is 316 g/mol. The Morgan fingerprint density at radius 2 is 1.60 bits per heavy atom. The van der Waals surface area contributed by atoms with Crippen LogP contribution in [0, 0.1) is 6.92 Å². The van der Waals surface area contributed by atoms with Crippen molar-refractivity contribution in [3.63, 3.8) is 0 Å². The predicted octanol–water partition coefficient (Wildman–Crippen LogP) is 3.23. The molecule has 0 aliphatic rings. The van der Waals surface area contributed by atoms with Crippen LogP contribution < -0.4 is 10.6 Å². The molecule has 6 heteroatoms. The minimum atomic E-state index is -0.262. The number of nitrogens with zero attached hydrogens (tertiary/aromatic N) is 2. The summed E-state index contributed by atoms with van der Waals surface area (Å²) in [5.41, 5.74) is 3.32. The maximum atomic E-state index is 12.3. The lowest BCUT2D eigenvalue weighted by Crippen LogP contribution is -2.16. The summed E-state index contributed by atoms with van der Waals surface area (Å²) in [7, 11) is 1.75. The quantitative estimate of drug-likeness (QED) is 0.769. The van der Waals surface area contributed by atoms with Crippen LogP contribution in [-0.2, 0) is 7.05 Å². The van der Waals surface area contributed by atoms with Gasteiger partial charge in [0, 0.05) is 24.0 Å². The fraction of sp³-hybridized carbons (Fsp3) is 0.105. The molecule has 0 saturated heterocycles. The van der Waals surface area contributed by atoms with Gasteiger partial charge < -0.3 is 15.2 Å². The molecule has 2 aromatic carbocycles. The number of benzene rings is 2. The van der Waals surface area contributed by atoms with Gasteiger partial charge in [0.2, 0.25) is 0 Å². The van der Waals surface area contributed by atoms with E-state index in [-0.39, 0.29) is 11.8 Å². The first-order valence-corrected chi connectivity index (χ1v) is 7.79. The van der Waals surface area contributed by atoms with Crippen LogP contribution in [0.5, 0.6) is 0 Å². The van der Waals surface area contributed by atoms with Crippen LogP contribution in [-0.4, -0.2) is 21.4 Å². The van der Waals surface area contributed by atoms with E-state index < -0.39 is 0 Å². The van der Waals surface area contributed by atoms with Crippen molar-refractivity contribution in [2.75, 3.05) is 10.6 Å². The van der Waals surface area contributed by atoms with Crippen molar-refractivity contribution < 1.29 is 9.59 Å². The molecule has 0 bridgehead atoms. The van der Waals surface area contributed by atoms with E-state index in [1.807, 2.05) is 19.1 Å². The second-order valence-corrected chi connectivity index (χ2v) is 5.74. The normalized spacial score (nSPS) is 10.3. The zero-order valence-corrected chi connectivity index (χ0v) is 14.0. The van der Waals surface area contributed by atoms with Gasteiger partial charge in [-0.2, -0.15) is 0 Å². The molecule has 2 amide bonds. The van der Waals surface area contributed by atoms with Crippen LogP contribution in [0.3, 0.4) is 0 Å². The maximum absolute atomic E-state index is 12.3. The van der Waals surface area contributed by atoms with Gasteiger partial charge in [-0.15, -0.1) is 0 Å². The van der Waals surface area contributed by atoms with Gasteiger partial charge >= 0.3 is 0 Å². The third-order valence-corrected chi connectivity index (χ3v) is 3.74. The lowest BCUT2D eigenvalue weighted by Gasteiger charge is -2.09. The molecule has 0 aliphatic carbocycles. The molecule has 0 saturated carbocycles. The zero-order chi connectivity index (χ0) is 17.8. The summed E-state index contributed by atoms with van der Waals surface area (Å²) in [5.74, 6) is -0.461. The van der Waals surface area contributed by atoms with Crippen LogP contribution in [0.2, 0.25) is 0 Å². The van der Waals surface area contributed by atoms with E-state index in [4.69, 9.17) is 0 Å². The van der Waals surface area contributed by atoms with Gasteiger partial charge in [-0.1, -0.05) is 23.8 Å². The van der Waals surface area contributed by atoms with Crippen molar-refractivity contribution in [1.29, 1.82) is 0 Å². The molecule has 0 fully saturated rings. The molecule has 6 nitrogen and oxygen atoms in total. The molecular formula is C19H18N4O2. The van der Waals surface area contributed by atoms with E-state index in [1.54, 1.807) is 54.3 Å². The van der Waals surface area contributed by atoms with Gasteiger partial charge in [-0.3, -0.25) is 9.59 Å². The highest BCUT2D eigenvalue weighted by molar-refractivity contribution is 6.05. The average molecular weight is 334 g/mol. The van der Waals surface area contributed by atoms with Crippen molar-refractivity contribution in [1.82, 2.24) is 9.55 Å². The van der Waals surface area contributed by atoms with Gasteiger partial charge in [-0.25, -0.2) is 4.98 Å². The Morgan fingerprint density at radius 1 is 0.960 bits per heavy atom. The number of imidazole rings is 1. The lowest BCUT2D eigenvalue weighted by molar-refractivity contribution is 0.101. The molecule has 3 aromatic rings. The number of amides is 2. The molecule has 2 N–H and O–H groups in total. The first-order valence-electron chi connectivity index (χ1n) is 7.79. The SMILES string of the molecule is Cc1ccc(C(=O)Nc2cccc(NC(=O)c3cncn3C)c2)cc1. The summed E-state index contributed by atoms with van der Waals surface area (Å²) in [6.07, 6.45) is 3.06. The van der Waals surface area contributed by atoms with Gasteiger partial charge in [0.15, 0.2) is 0 Å². The van der Waals surface area contributed by atoms with Crippen molar-refractivity contribution in [2.24, 2.45) is 7.05 Å². The minimum Gasteiger partial charge on any atom is -0.330 e. The summed E-state index contributed by atoms with van der Waals surface area (Å²) in [6.45, 7) is 1.97. The predicted molar refractivity (Wildman–Crippen MR) is 96.7 cm³/mol. The number of rotatable bonds is 4. The highest BCUT2D eigenvalue weighted by atomic mass is 16.2. The molecule has 1 aromatic heterocycles. The second-order valence-electron chi connectivity index (χ2n) is 5.74. The first kappa shape index (κ1) is 16.4. The molecule has 0 spiro atoms. The highest BCUT2D eigenvalue weighted by Gasteiger charge is 2.11. The molecule has 126 valence electrons. The molecule has 25 heavy (non-hydrogen) atoms. The number of carbonyl (C=O) groups excluding carboxylic acids is 2. The molecule has 0 aliphatic heterocycles. The van der Waals surface area contributed by atoms with Crippen LogP contribution in [0.1, 0.15) is 26.4 Å². The van der Waals surface area contributed by atoms with Crippen molar-refractivity contribution in [2.45, 2.75) is 6.92 Å². The fourth-order valence-corrected chi connectivity index (χ4v) is 2.35. The minimum absolute atomic E-state index is 0.199. The van der Waals surface area contributed by atoms with Crippen molar-refractivity contribution in [3.05, 3.63) is 77.9 Å². The monoisotopic (exact) mass is 334 g/mol. The number of hydrogen-bond acceptors (Lipinski definition) is 3. The summed E-state index contributed by atoms with van der Waals surface area (Å²) in [6, 6.07) is 14.3. The Hall–Kier alpha value is -3.41. The Labute approximate surface area is 145 Å². The van der Waals surface area contributed by atoms with Crippen LogP contribution in [0.25, 0.3) is 0 Å². The van der Waals surface area contributed by atoms with Crippen molar-refractivity contribution in [3.8, 4) is 0 Å². The standard InChI is InChI=1S/C19H18N4O2/c1-13-6-8-14(9-7-13)18(24)21-15-4-3-5-16(10-15)22-19(25)17-11-20-12-23(17)2/h3-12H,1-2H3,(H,21,24)(H,22,25). The Bertz CT molecular complexity index is 913. The molecule has 3 rings (SSSR count). The number of hydrogen-bond donors (Lipinski definition) is 2. The molecule has 1 heterocycles. The van der Waals surface area contributed by atoms with E-state index in [0.29, 0.717) is 22.6 Å². The third kappa shape index (κ3) is 3.92. The van der Waals surface area contributed by atoms with Crippen molar-refractivity contribution >= 4 is 23.2 Å². The van der Waals surface area contributed by atoms with Gasteiger partial charge in [0.25, 0.3) is 11.8 Å². The topological polar surface area (TPSA) is 76.0 Å². The van der Waals surface area contributed by atoms with Gasteiger partial charge in [-0.05, 0) is 37.3 Å². The Morgan fingerprint density at radius 3 is 2.20 bits per heavy atom. The number of aryl methyl sites for hydroxylation is 2. The average Bonchev–Trinajstić information content (AvgIpc) is 3.02. The van der Waals surface area contributed by atoms with E-state index in [2.05, 4.69) is 15.6 Å². The van der Waals surface area contributed by atoms with E-state index in [0.717, 1.165) is 5.56 Å². The number of carbonyl (C=O) groups is 2. The van der Waals surface area contributed by atoms with Gasteiger partial charge in [0.05, 0.1) is 12.5 Å². The van der Waals surface area contributed by atoms with Gasteiger partial charge in [0.1, 0.15) is 5.69 Å². The highest BCUT2D eigenvalue weighted by Crippen LogP contribution is 2.17. The second kappa shape index (κ2) is 7.00. The molecule has 0 radical (unpaired) electrons. The fourth-order valence-electron chi connectivity index (χ4n) is 2.35. The summed E-state index contributed by atoms with van der Waals surface area (Å²) < 4.78 is 1.64. The number of nitrogens with one attached hydrogen (secondary N) is 2. The maximum Gasteiger partial charge on any atom is 0.273 e. The zero-order valence-electron chi connectivity index (χ0n) is 14.0. The van der Waals surface area contributed by atoms with E-state index in [1.165, 1.54) is 6.20 Å². The number of aromatic nitrogens is 2. The smallest absolute Gasteiger partial charge is 0.273 e. The number of anilines is 2. The lowest BCUT2D eigenvalue weighted by atomic mass is 10.1. The van der Waals surface area contributed by atoms with Crippen LogP contribution >= 0.6 is 0 Å². The third-order valence-electron chi connectivity index (χ3n) is 3.74.